The largest absolute Gasteiger partial charge is 0.464 e. The van der Waals surface area contributed by atoms with Crippen LogP contribution in [0.25, 0.3) is 0 Å². The van der Waals surface area contributed by atoms with Gasteiger partial charge in [-0.05, 0) is 42.4 Å². The number of piperidine rings is 1. The van der Waals surface area contributed by atoms with Gasteiger partial charge in [-0.3, -0.25) is 4.90 Å². The predicted molar refractivity (Wildman–Crippen MR) is 114 cm³/mol. The van der Waals surface area contributed by atoms with Crippen LogP contribution in [0.15, 0.2) is 41.4 Å². The standard InChI is InChI=1S/C22H29N3O4S/c1-23-16-20(12-21(23)22(26)29-2)30(27,28)25-10-5-6-17(14-25)13-24-11-9-18-7-3-4-8-19(18)15-24/h3-4,7-8,12,16-17H,5-6,9-11,13-15H2,1-2H3. The lowest BCUT2D eigenvalue weighted by molar-refractivity contribution is 0.0590. The molecule has 8 heteroatoms. The molecule has 4 rings (SSSR count). The molecular weight excluding hydrogens is 402 g/mol. The summed E-state index contributed by atoms with van der Waals surface area (Å²) in [6.07, 6.45) is 4.43. The van der Waals surface area contributed by atoms with E-state index in [9.17, 15) is 13.2 Å². The Balaban J connectivity index is 1.44. The first-order valence-electron chi connectivity index (χ1n) is 10.4. The van der Waals surface area contributed by atoms with E-state index in [0.717, 1.165) is 38.9 Å². The normalized spacial score (nSPS) is 20.7. The Morgan fingerprint density at radius 2 is 1.97 bits per heavy atom. The number of aryl methyl sites for hydroxylation is 1. The monoisotopic (exact) mass is 431 g/mol. The fraction of sp³-hybridized carbons (Fsp3) is 0.500. The number of benzene rings is 1. The maximum absolute atomic E-state index is 13.2. The summed E-state index contributed by atoms with van der Waals surface area (Å²) in [6.45, 7) is 3.89. The maximum Gasteiger partial charge on any atom is 0.354 e. The lowest BCUT2D eigenvalue weighted by Crippen LogP contribution is -2.44. The minimum absolute atomic E-state index is 0.151. The summed E-state index contributed by atoms with van der Waals surface area (Å²) in [5.74, 6) is -0.233. The molecule has 0 N–H and O–H groups in total. The summed E-state index contributed by atoms with van der Waals surface area (Å²) in [7, 11) is -0.701. The molecule has 0 bridgehead atoms. The van der Waals surface area contributed by atoms with Gasteiger partial charge in [-0.2, -0.15) is 4.31 Å². The molecule has 7 nitrogen and oxygen atoms in total. The predicted octanol–water partition coefficient (Wildman–Crippen LogP) is 2.27. The van der Waals surface area contributed by atoms with Crippen molar-refractivity contribution in [2.45, 2.75) is 30.7 Å². The van der Waals surface area contributed by atoms with E-state index in [0.29, 0.717) is 19.0 Å². The highest BCUT2D eigenvalue weighted by atomic mass is 32.2. The number of carbonyl (C=O) groups is 1. The van der Waals surface area contributed by atoms with E-state index in [1.165, 1.54) is 35.1 Å². The topological polar surface area (TPSA) is 71.8 Å². The second-order valence-corrected chi connectivity index (χ2v) is 10.2. The summed E-state index contributed by atoms with van der Waals surface area (Å²) >= 11 is 0. The number of nitrogens with zero attached hydrogens (tertiary/aromatic N) is 3. The van der Waals surface area contributed by atoms with E-state index in [2.05, 4.69) is 29.2 Å². The second-order valence-electron chi connectivity index (χ2n) is 8.29. The molecule has 1 atom stereocenters. The third-order valence-electron chi connectivity index (χ3n) is 6.22. The lowest BCUT2D eigenvalue weighted by atomic mass is 9.95. The number of esters is 1. The Labute approximate surface area is 178 Å². The first-order valence-corrected chi connectivity index (χ1v) is 11.9. The zero-order chi connectivity index (χ0) is 21.3. The molecule has 162 valence electrons. The summed E-state index contributed by atoms with van der Waals surface area (Å²) < 4.78 is 34.2. The van der Waals surface area contributed by atoms with Crippen molar-refractivity contribution in [1.29, 1.82) is 0 Å². The highest BCUT2D eigenvalue weighted by Crippen LogP contribution is 2.27. The van der Waals surface area contributed by atoms with Crippen molar-refractivity contribution in [3.63, 3.8) is 0 Å². The number of methoxy groups -OCH3 is 1. The van der Waals surface area contributed by atoms with Crippen LogP contribution < -0.4 is 0 Å². The molecule has 0 amide bonds. The van der Waals surface area contributed by atoms with Gasteiger partial charge in [0.15, 0.2) is 0 Å². The molecule has 1 fully saturated rings. The molecule has 0 aliphatic carbocycles. The van der Waals surface area contributed by atoms with Crippen LogP contribution in [0, 0.1) is 5.92 Å². The Morgan fingerprint density at radius 1 is 1.20 bits per heavy atom. The number of hydrogen-bond donors (Lipinski definition) is 0. The summed E-state index contributed by atoms with van der Waals surface area (Å²) in [4.78, 5) is 14.5. The van der Waals surface area contributed by atoms with Crippen LogP contribution in [0.3, 0.4) is 0 Å². The first kappa shape index (κ1) is 21.1. The van der Waals surface area contributed by atoms with E-state index >= 15 is 0 Å². The molecule has 30 heavy (non-hydrogen) atoms. The van der Waals surface area contributed by atoms with Crippen LogP contribution in [-0.2, 0) is 34.8 Å². The van der Waals surface area contributed by atoms with Gasteiger partial charge in [-0.25, -0.2) is 13.2 Å². The molecule has 0 saturated carbocycles. The van der Waals surface area contributed by atoms with Crippen molar-refractivity contribution in [3.8, 4) is 0 Å². The van der Waals surface area contributed by atoms with E-state index in [1.54, 1.807) is 11.4 Å². The Hall–Kier alpha value is -2.16. The minimum Gasteiger partial charge on any atom is -0.464 e. The van der Waals surface area contributed by atoms with Gasteiger partial charge in [0, 0.05) is 46.0 Å². The molecule has 1 aromatic carbocycles. The van der Waals surface area contributed by atoms with Crippen LogP contribution in [0.5, 0.6) is 0 Å². The van der Waals surface area contributed by atoms with Gasteiger partial charge >= 0.3 is 5.97 Å². The van der Waals surface area contributed by atoms with Gasteiger partial charge < -0.3 is 9.30 Å². The average Bonchev–Trinajstić information content (AvgIpc) is 3.16. The molecular formula is C22H29N3O4S. The highest BCUT2D eigenvalue weighted by molar-refractivity contribution is 7.89. The highest BCUT2D eigenvalue weighted by Gasteiger charge is 2.33. The van der Waals surface area contributed by atoms with Crippen molar-refractivity contribution in [3.05, 3.63) is 53.3 Å². The number of ether oxygens (including phenoxy) is 1. The van der Waals surface area contributed by atoms with Gasteiger partial charge in [0.05, 0.1) is 7.11 Å². The fourth-order valence-corrected chi connectivity index (χ4v) is 6.23. The van der Waals surface area contributed by atoms with Crippen LogP contribution in [0.4, 0.5) is 0 Å². The summed E-state index contributed by atoms with van der Waals surface area (Å²) in [5, 5.41) is 0. The molecule has 2 aromatic rings. The SMILES string of the molecule is COC(=O)c1cc(S(=O)(=O)N2CCCC(CN3CCc4ccccc4C3)C2)cn1C. The Morgan fingerprint density at radius 3 is 2.73 bits per heavy atom. The zero-order valence-electron chi connectivity index (χ0n) is 17.6. The van der Waals surface area contributed by atoms with E-state index in [1.807, 2.05) is 0 Å². The number of carbonyl (C=O) groups excluding carboxylic acids is 1. The van der Waals surface area contributed by atoms with E-state index in [-0.39, 0.29) is 10.6 Å². The Kier molecular flexibility index (Phi) is 5.99. The zero-order valence-corrected chi connectivity index (χ0v) is 18.4. The van der Waals surface area contributed by atoms with Crippen molar-refractivity contribution in [2.24, 2.45) is 13.0 Å². The molecule has 2 aliphatic heterocycles. The van der Waals surface area contributed by atoms with E-state index in [4.69, 9.17) is 4.74 Å². The van der Waals surface area contributed by atoms with Crippen molar-refractivity contribution < 1.29 is 17.9 Å². The molecule has 0 radical (unpaired) electrons. The second kappa shape index (κ2) is 8.53. The van der Waals surface area contributed by atoms with Gasteiger partial charge in [-0.15, -0.1) is 0 Å². The van der Waals surface area contributed by atoms with Gasteiger partial charge in [0.25, 0.3) is 0 Å². The van der Waals surface area contributed by atoms with Gasteiger partial charge in [-0.1, -0.05) is 24.3 Å². The number of rotatable bonds is 5. The molecule has 1 saturated heterocycles. The molecule has 1 aromatic heterocycles. The first-order chi connectivity index (χ1) is 14.4. The fourth-order valence-electron chi connectivity index (χ4n) is 4.60. The third-order valence-corrected chi connectivity index (χ3v) is 8.05. The van der Waals surface area contributed by atoms with Crippen molar-refractivity contribution in [2.75, 3.05) is 33.3 Å². The van der Waals surface area contributed by atoms with Crippen molar-refractivity contribution >= 4 is 16.0 Å². The number of aromatic nitrogens is 1. The molecule has 1 unspecified atom stereocenters. The summed E-state index contributed by atoms with van der Waals surface area (Å²) in [6, 6.07) is 9.97. The average molecular weight is 432 g/mol. The van der Waals surface area contributed by atoms with E-state index < -0.39 is 16.0 Å². The van der Waals surface area contributed by atoms with Gasteiger partial charge in [0.2, 0.25) is 10.0 Å². The third kappa shape index (κ3) is 4.17. The lowest BCUT2D eigenvalue weighted by Gasteiger charge is -2.36. The van der Waals surface area contributed by atoms with Crippen LogP contribution >= 0.6 is 0 Å². The van der Waals surface area contributed by atoms with Crippen molar-refractivity contribution in [1.82, 2.24) is 13.8 Å². The Bertz CT molecular complexity index is 1030. The minimum atomic E-state index is -3.64. The number of hydrogen-bond acceptors (Lipinski definition) is 5. The molecule has 2 aliphatic rings. The quantitative estimate of drug-likeness (QED) is 0.679. The maximum atomic E-state index is 13.2. The van der Waals surface area contributed by atoms with Gasteiger partial charge in [0.1, 0.15) is 10.6 Å². The van der Waals surface area contributed by atoms with Crippen LogP contribution in [-0.4, -0.2) is 61.4 Å². The summed E-state index contributed by atoms with van der Waals surface area (Å²) in [5.41, 5.74) is 3.03. The molecule has 0 spiro atoms. The van der Waals surface area contributed by atoms with Crippen LogP contribution in [0.2, 0.25) is 0 Å². The molecule has 3 heterocycles. The van der Waals surface area contributed by atoms with Crippen LogP contribution in [0.1, 0.15) is 34.5 Å². The number of fused-ring (bicyclic) bond motifs is 1. The smallest absolute Gasteiger partial charge is 0.354 e. The number of sulfonamides is 1.